The van der Waals surface area contributed by atoms with Crippen LogP contribution in [0, 0.1) is 11.3 Å². The first-order valence-corrected chi connectivity index (χ1v) is 7.72. The molecule has 0 amide bonds. The third-order valence-electron chi connectivity index (χ3n) is 3.65. The second-order valence-electron chi connectivity index (χ2n) is 5.29. The minimum atomic E-state index is 0.400. The highest BCUT2D eigenvalue weighted by Crippen LogP contribution is 2.21. The molecule has 122 valence electrons. The zero-order chi connectivity index (χ0) is 16.8. The van der Waals surface area contributed by atoms with Gasteiger partial charge in [0, 0.05) is 7.05 Å². The largest absolute Gasteiger partial charge is 0.492 e. The molecule has 0 saturated heterocycles. The standard InChI is InChI=1S/C17H18N6O/c1-22(10-11-24-14-6-3-2-4-7-14)16-15-12-21-23(9-5-8-18)17(15)20-13-19-16/h2-4,6-7,12-13H,5,9-11H2,1H3. The molecule has 0 aliphatic heterocycles. The van der Waals surface area contributed by atoms with E-state index in [1.54, 1.807) is 10.9 Å². The highest BCUT2D eigenvalue weighted by atomic mass is 16.5. The van der Waals surface area contributed by atoms with E-state index < -0.39 is 0 Å². The van der Waals surface area contributed by atoms with E-state index in [4.69, 9.17) is 10.00 Å². The van der Waals surface area contributed by atoms with Crippen molar-refractivity contribution in [3.05, 3.63) is 42.9 Å². The predicted octanol–water partition coefficient (Wildman–Crippen LogP) is 2.26. The molecule has 0 atom stereocenters. The summed E-state index contributed by atoms with van der Waals surface area (Å²) >= 11 is 0. The number of benzene rings is 1. The van der Waals surface area contributed by atoms with Crippen LogP contribution in [0.2, 0.25) is 0 Å². The van der Waals surface area contributed by atoms with Crippen LogP contribution in [0.1, 0.15) is 6.42 Å². The molecule has 0 bridgehead atoms. The molecular weight excluding hydrogens is 304 g/mol. The maximum Gasteiger partial charge on any atom is 0.163 e. The molecule has 0 fully saturated rings. The van der Waals surface area contributed by atoms with E-state index in [9.17, 15) is 0 Å². The topological polar surface area (TPSA) is 79.9 Å². The fourth-order valence-electron chi connectivity index (χ4n) is 2.43. The number of nitrogens with zero attached hydrogens (tertiary/aromatic N) is 6. The Morgan fingerprint density at radius 3 is 2.88 bits per heavy atom. The van der Waals surface area contributed by atoms with Gasteiger partial charge in [0.15, 0.2) is 5.65 Å². The van der Waals surface area contributed by atoms with Crippen LogP contribution in [-0.2, 0) is 6.54 Å². The summed E-state index contributed by atoms with van der Waals surface area (Å²) in [5.74, 6) is 1.66. The van der Waals surface area contributed by atoms with Gasteiger partial charge in [-0.15, -0.1) is 0 Å². The minimum Gasteiger partial charge on any atom is -0.492 e. The molecule has 24 heavy (non-hydrogen) atoms. The lowest BCUT2D eigenvalue weighted by Crippen LogP contribution is -2.24. The van der Waals surface area contributed by atoms with Crippen molar-refractivity contribution in [2.45, 2.75) is 13.0 Å². The molecule has 0 aliphatic carbocycles. The minimum absolute atomic E-state index is 0.400. The van der Waals surface area contributed by atoms with Crippen LogP contribution in [0.15, 0.2) is 42.9 Å². The Morgan fingerprint density at radius 1 is 1.25 bits per heavy atom. The number of aromatic nitrogens is 4. The number of ether oxygens (including phenoxy) is 1. The summed E-state index contributed by atoms with van der Waals surface area (Å²) in [6, 6.07) is 11.8. The lowest BCUT2D eigenvalue weighted by atomic mass is 10.3. The molecule has 0 saturated carbocycles. The molecule has 2 aromatic heterocycles. The molecular formula is C17H18N6O. The molecule has 3 rings (SSSR count). The number of hydrogen-bond acceptors (Lipinski definition) is 6. The van der Waals surface area contributed by atoms with Gasteiger partial charge in [0.1, 0.15) is 24.5 Å². The zero-order valence-electron chi connectivity index (χ0n) is 13.5. The van der Waals surface area contributed by atoms with Gasteiger partial charge < -0.3 is 9.64 Å². The zero-order valence-corrected chi connectivity index (χ0v) is 13.5. The number of aryl methyl sites for hydroxylation is 1. The first kappa shape index (κ1) is 15.7. The molecule has 0 spiro atoms. The van der Waals surface area contributed by atoms with Crippen molar-refractivity contribution >= 4 is 16.9 Å². The number of nitriles is 1. The van der Waals surface area contributed by atoms with Crippen LogP contribution < -0.4 is 9.64 Å². The van der Waals surface area contributed by atoms with Crippen LogP contribution in [0.3, 0.4) is 0 Å². The van der Waals surface area contributed by atoms with Crippen LogP contribution in [0.25, 0.3) is 11.0 Å². The summed E-state index contributed by atoms with van der Waals surface area (Å²) in [5, 5.41) is 13.9. The summed E-state index contributed by atoms with van der Waals surface area (Å²) in [6.45, 7) is 1.76. The summed E-state index contributed by atoms with van der Waals surface area (Å²) in [5.41, 5.74) is 0.742. The Bertz CT molecular complexity index is 839. The summed E-state index contributed by atoms with van der Waals surface area (Å²) in [7, 11) is 1.96. The van der Waals surface area contributed by atoms with Crippen LogP contribution in [0.5, 0.6) is 5.75 Å². The normalized spacial score (nSPS) is 10.5. The first-order valence-electron chi connectivity index (χ1n) is 7.72. The van der Waals surface area contributed by atoms with Gasteiger partial charge in [-0.1, -0.05) is 18.2 Å². The Morgan fingerprint density at radius 2 is 2.08 bits per heavy atom. The molecule has 0 radical (unpaired) electrons. The maximum atomic E-state index is 8.73. The highest BCUT2D eigenvalue weighted by molar-refractivity contribution is 5.86. The van der Waals surface area contributed by atoms with Crippen molar-refractivity contribution in [3.8, 4) is 11.8 Å². The van der Waals surface area contributed by atoms with E-state index >= 15 is 0 Å². The monoisotopic (exact) mass is 322 g/mol. The van der Waals surface area contributed by atoms with Gasteiger partial charge in [0.05, 0.1) is 37.2 Å². The molecule has 7 nitrogen and oxygen atoms in total. The molecule has 1 aromatic carbocycles. The van der Waals surface area contributed by atoms with Crippen molar-refractivity contribution in [3.63, 3.8) is 0 Å². The molecule has 7 heteroatoms. The average molecular weight is 322 g/mol. The molecule has 3 aromatic rings. The second kappa shape index (κ2) is 7.42. The number of rotatable bonds is 7. The van der Waals surface area contributed by atoms with Gasteiger partial charge in [-0.25, -0.2) is 14.6 Å². The fourth-order valence-corrected chi connectivity index (χ4v) is 2.43. The van der Waals surface area contributed by atoms with Crippen molar-refractivity contribution in [2.75, 3.05) is 25.1 Å². The van der Waals surface area contributed by atoms with Gasteiger partial charge in [0.2, 0.25) is 0 Å². The van der Waals surface area contributed by atoms with Crippen molar-refractivity contribution in [1.29, 1.82) is 5.26 Å². The smallest absolute Gasteiger partial charge is 0.163 e. The van der Waals surface area contributed by atoms with Gasteiger partial charge >= 0.3 is 0 Å². The molecule has 0 aliphatic rings. The lowest BCUT2D eigenvalue weighted by molar-refractivity contribution is 0.326. The van der Waals surface area contributed by atoms with Gasteiger partial charge in [-0.2, -0.15) is 10.4 Å². The summed E-state index contributed by atoms with van der Waals surface area (Å²) in [6.07, 6.45) is 3.67. The van der Waals surface area contributed by atoms with E-state index in [1.807, 2.05) is 42.3 Å². The summed E-state index contributed by atoms with van der Waals surface area (Å²) < 4.78 is 7.46. The summed E-state index contributed by atoms with van der Waals surface area (Å²) in [4.78, 5) is 10.7. The van der Waals surface area contributed by atoms with E-state index in [-0.39, 0.29) is 0 Å². The number of hydrogen-bond donors (Lipinski definition) is 0. The third kappa shape index (κ3) is 3.43. The van der Waals surface area contributed by atoms with E-state index in [0.29, 0.717) is 26.1 Å². The van der Waals surface area contributed by atoms with Crippen molar-refractivity contribution in [1.82, 2.24) is 19.7 Å². The van der Waals surface area contributed by atoms with Crippen molar-refractivity contribution in [2.24, 2.45) is 0 Å². The molecule has 0 N–H and O–H groups in total. The third-order valence-corrected chi connectivity index (χ3v) is 3.65. The Hall–Kier alpha value is -3.14. The lowest BCUT2D eigenvalue weighted by Gasteiger charge is -2.18. The SMILES string of the molecule is CN(CCOc1ccccc1)c1ncnc2c1cnn2CCC#N. The van der Waals surface area contributed by atoms with Gasteiger partial charge in [0.25, 0.3) is 0 Å². The van der Waals surface area contributed by atoms with Crippen molar-refractivity contribution < 1.29 is 4.74 Å². The first-order chi connectivity index (χ1) is 11.8. The van der Waals surface area contributed by atoms with Crippen LogP contribution >= 0.6 is 0 Å². The van der Waals surface area contributed by atoms with E-state index in [2.05, 4.69) is 21.1 Å². The Balaban J connectivity index is 1.69. The molecule has 0 unspecified atom stereocenters. The van der Waals surface area contributed by atoms with Crippen LogP contribution in [-0.4, -0.2) is 39.9 Å². The average Bonchev–Trinajstić information content (AvgIpc) is 3.04. The van der Waals surface area contributed by atoms with Gasteiger partial charge in [-0.3, -0.25) is 0 Å². The quantitative estimate of drug-likeness (QED) is 0.664. The van der Waals surface area contributed by atoms with Crippen LogP contribution in [0.4, 0.5) is 5.82 Å². The van der Waals surface area contributed by atoms with E-state index in [1.165, 1.54) is 6.33 Å². The maximum absolute atomic E-state index is 8.73. The Kier molecular flexibility index (Phi) is 4.87. The number of para-hydroxylation sites is 1. The van der Waals surface area contributed by atoms with Gasteiger partial charge in [-0.05, 0) is 12.1 Å². The number of likely N-dealkylation sites (N-methyl/N-ethyl adjacent to an activating group) is 1. The number of anilines is 1. The van der Waals surface area contributed by atoms with E-state index in [0.717, 1.165) is 22.6 Å². The highest BCUT2D eigenvalue weighted by Gasteiger charge is 2.13. The Labute approximate surface area is 140 Å². The second-order valence-corrected chi connectivity index (χ2v) is 5.29. The molecule has 2 heterocycles. The number of fused-ring (bicyclic) bond motifs is 1. The predicted molar refractivity (Wildman–Crippen MR) is 90.8 cm³/mol. The fraction of sp³-hybridized carbons (Fsp3) is 0.294.